The number of nitrogens with one attached hydrogen (secondary N) is 1. The molecule has 33 heavy (non-hydrogen) atoms. The van der Waals surface area contributed by atoms with Crippen LogP contribution in [0.4, 0.5) is 5.69 Å². The van der Waals surface area contributed by atoms with E-state index < -0.39 is 31.1 Å². The lowest BCUT2D eigenvalue weighted by Crippen LogP contribution is -2.47. The quantitative estimate of drug-likeness (QED) is 0.433. The molecule has 0 saturated heterocycles. The van der Waals surface area contributed by atoms with Crippen LogP contribution in [0.3, 0.4) is 0 Å². The Morgan fingerprint density at radius 1 is 1.27 bits per heavy atom. The van der Waals surface area contributed by atoms with Gasteiger partial charge in [0.15, 0.2) is 0 Å². The molecule has 2 aromatic carbocycles. The van der Waals surface area contributed by atoms with Gasteiger partial charge in [0.05, 0.1) is 23.1 Å². The molecule has 2 aromatic rings. The molecule has 1 aliphatic heterocycles. The molecule has 0 saturated carbocycles. The van der Waals surface area contributed by atoms with E-state index in [1.54, 1.807) is 0 Å². The number of hydrogen-bond donors (Lipinski definition) is 2. The Bertz CT molecular complexity index is 1200. The van der Waals surface area contributed by atoms with Crippen molar-refractivity contribution in [1.82, 2.24) is 9.21 Å². The van der Waals surface area contributed by atoms with Gasteiger partial charge in [0, 0.05) is 13.6 Å². The normalized spacial score (nSPS) is 16.9. The van der Waals surface area contributed by atoms with Crippen LogP contribution in [0, 0.1) is 12.3 Å². The van der Waals surface area contributed by atoms with Crippen LogP contribution >= 0.6 is 35.6 Å². The van der Waals surface area contributed by atoms with E-state index in [-0.39, 0.29) is 33.9 Å². The first-order valence-corrected chi connectivity index (χ1v) is 13.1. The Morgan fingerprint density at radius 3 is 2.39 bits per heavy atom. The molecule has 1 heterocycles. The number of primary sulfonamides is 1. The smallest absolute Gasteiger partial charge is 0.246 e. The summed E-state index contributed by atoms with van der Waals surface area (Å²) < 4.78 is 48.4. The number of alkyl halides is 1. The number of nitrogens with zero attached hydrogens (tertiary/aromatic N) is 2. The molecule has 13 heteroatoms. The summed E-state index contributed by atoms with van der Waals surface area (Å²) in [5.74, 6) is 2.63. The summed E-state index contributed by atoms with van der Waals surface area (Å²) in [4.78, 5) is 1.45. The predicted octanol–water partition coefficient (Wildman–Crippen LogP) is 2.77. The van der Waals surface area contributed by atoms with Crippen molar-refractivity contribution in [3.8, 4) is 12.3 Å². The van der Waals surface area contributed by atoms with E-state index in [4.69, 9.17) is 34.8 Å². The van der Waals surface area contributed by atoms with Gasteiger partial charge in [0.1, 0.15) is 16.0 Å². The van der Waals surface area contributed by atoms with E-state index >= 15 is 0 Å². The largest absolute Gasteiger partial charge is 0.367 e. The molecule has 182 valence electrons. The fraction of sp³-hybridized carbons (Fsp3) is 0.300. The van der Waals surface area contributed by atoms with Crippen molar-refractivity contribution in [2.75, 3.05) is 31.8 Å². The molecule has 0 fully saturated rings. The summed E-state index contributed by atoms with van der Waals surface area (Å²) in [5, 5.41) is 7.71. The predicted molar refractivity (Wildman–Crippen MR) is 135 cm³/mol. The van der Waals surface area contributed by atoms with Crippen molar-refractivity contribution in [3.63, 3.8) is 0 Å². The Labute approximate surface area is 211 Å². The minimum atomic E-state index is -4.12. The Balaban J connectivity index is 0.000000361. The highest BCUT2D eigenvalue weighted by atomic mass is 35.5. The van der Waals surface area contributed by atoms with Crippen molar-refractivity contribution in [2.45, 2.75) is 22.5 Å². The second-order valence-corrected chi connectivity index (χ2v) is 11.2. The number of rotatable bonds is 5. The van der Waals surface area contributed by atoms with Crippen molar-refractivity contribution >= 4 is 61.3 Å². The first kappa shape index (κ1) is 29.5. The highest BCUT2D eigenvalue weighted by Gasteiger charge is 2.36. The first-order chi connectivity index (χ1) is 14.9. The van der Waals surface area contributed by atoms with Crippen LogP contribution < -0.4 is 10.5 Å². The van der Waals surface area contributed by atoms with Crippen LogP contribution in [-0.2, 0) is 26.6 Å². The van der Waals surface area contributed by atoms with Crippen LogP contribution in [0.2, 0.25) is 5.02 Å². The van der Waals surface area contributed by atoms with Gasteiger partial charge in [0.25, 0.3) is 0 Å². The number of halogens is 3. The molecule has 3 rings (SSSR count). The summed E-state index contributed by atoms with van der Waals surface area (Å²) in [6.07, 6.45) is 4.54. The third kappa shape index (κ3) is 7.47. The number of anilines is 1. The van der Waals surface area contributed by atoms with Crippen molar-refractivity contribution in [1.29, 1.82) is 0 Å². The lowest BCUT2D eigenvalue weighted by atomic mass is 10.2. The third-order valence-electron chi connectivity index (χ3n) is 4.56. The van der Waals surface area contributed by atoms with Crippen molar-refractivity contribution < 1.29 is 16.8 Å². The maximum absolute atomic E-state index is 12.3. The van der Waals surface area contributed by atoms with Crippen LogP contribution in [-0.4, -0.2) is 58.7 Å². The average Bonchev–Trinajstić information content (AvgIpc) is 2.71. The zero-order valence-corrected chi connectivity index (χ0v) is 21.9. The zero-order valence-electron chi connectivity index (χ0n) is 17.9. The maximum atomic E-state index is 12.3. The van der Waals surface area contributed by atoms with E-state index in [0.717, 1.165) is 16.9 Å². The van der Waals surface area contributed by atoms with Gasteiger partial charge in [-0.2, -0.15) is 4.31 Å². The summed E-state index contributed by atoms with van der Waals surface area (Å²) in [6, 6.07) is 12.5. The van der Waals surface area contributed by atoms with Crippen LogP contribution in [0.25, 0.3) is 0 Å². The van der Waals surface area contributed by atoms with Gasteiger partial charge in [-0.25, -0.2) is 22.0 Å². The van der Waals surface area contributed by atoms with Gasteiger partial charge in [-0.1, -0.05) is 47.9 Å². The number of hydrogen-bond acceptors (Lipinski definition) is 6. The number of fused-ring (bicyclic) bond motifs is 1. The van der Waals surface area contributed by atoms with E-state index in [0.29, 0.717) is 6.54 Å². The minimum Gasteiger partial charge on any atom is -0.367 e. The van der Waals surface area contributed by atoms with Gasteiger partial charge in [0.2, 0.25) is 20.0 Å². The van der Waals surface area contributed by atoms with E-state index in [9.17, 15) is 16.8 Å². The molecule has 3 N–H and O–H groups in total. The van der Waals surface area contributed by atoms with Gasteiger partial charge in [-0.3, -0.25) is 4.90 Å². The number of sulfonamides is 2. The van der Waals surface area contributed by atoms with Gasteiger partial charge in [-0.15, -0.1) is 30.4 Å². The molecule has 0 aromatic heterocycles. The summed E-state index contributed by atoms with van der Waals surface area (Å²) in [6.45, 7) is 1.62. The molecule has 0 bridgehead atoms. The van der Waals surface area contributed by atoms with Gasteiger partial charge >= 0.3 is 0 Å². The average molecular weight is 556 g/mol. The Morgan fingerprint density at radius 2 is 1.88 bits per heavy atom. The van der Waals surface area contributed by atoms with Gasteiger partial charge in [-0.05, 0) is 24.7 Å². The zero-order chi connectivity index (χ0) is 24.1. The number of terminal acetylenes is 1. The molecule has 0 spiro atoms. The standard InChI is InChI=1S/C11H13N.C9H11Cl2N3O4S2.ClH/c1-3-9-12(2)10-11-7-5-4-6-8-11;1-14-9(4-10)13-6-2-5(11)7(19(12,15)16)3-8(6)20(14,17)18;/h1,4-8H,9-10H2,2H3;2-3,9,13H,4H2,1H3,(H2,12,15,16);1H. The monoisotopic (exact) mass is 554 g/mol. The Kier molecular flexibility index (Phi) is 10.9. The minimum absolute atomic E-state index is 0. The Hall–Kier alpha value is -1.55. The maximum Gasteiger partial charge on any atom is 0.246 e. The second kappa shape index (κ2) is 12.2. The fourth-order valence-corrected chi connectivity index (χ4v) is 5.89. The molecule has 0 amide bonds. The van der Waals surface area contributed by atoms with Crippen LogP contribution in [0.15, 0.2) is 52.3 Å². The molecule has 1 aliphatic rings. The van der Waals surface area contributed by atoms with E-state index in [1.165, 1.54) is 18.7 Å². The molecule has 1 unspecified atom stereocenters. The van der Waals surface area contributed by atoms with Crippen molar-refractivity contribution in [2.24, 2.45) is 5.14 Å². The molecular formula is C20H25Cl3N4O4S2. The number of nitrogens with two attached hydrogens (primary N) is 1. The highest BCUT2D eigenvalue weighted by Crippen LogP contribution is 2.36. The SMILES string of the molecule is C#CCN(C)Cc1ccccc1.CN1C(CCl)Nc2cc(Cl)c(S(N)(=O)=O)cc2S1(=O)=O.Cl. The molecule has 8 nitrogen and oxygen atoms in total. The summed E-state index contributed by atoms with van der Waals surface area (Å²) in [5.41, 5.74) is 1.49. The van der Waals surface area contributed by atoms with Crippen LogP contribution in [0.1, 0.15) is 5.56 Å². The molecule has 1 atom stereocenters. The summed E-state index contributed by atoms with van der Waals surface area (Å²) >= 11 is 11.5. The van der Waals surface area contributed by atoms with Gasteiger partial charge < -0.3 is 5.32 Å². The first-order valence-electron chi connectivity index (χ1n) is 9.24. The fourth-order valence-electron chi connectivity index (χ4n) is 2.91. The van der Waals surface area contributed by atoms with Crippen LogP contribution in [0.5, 0.6) is 0 Å². The molecular weight excluding hydrogens is 531 g/mol. The molecule has 0 radical (unpaired) electrons. The topological polar surface area (TPSA) is 113 Å². The van der Waals surface area contributed by atoms with E-state index in [1.807, 2.05) is 25.2 Å². The summed E-state index contributed by atoms with van der Waals surface area (Å²) in [7, 11) is -4.64. The van der Waals surface area contributed by atoms with E-state index in [2.05, 4.69) is 28.3 Å². The lowest BCUT2D eigenvalue weighted by molar-refractivity contribution is 0.369. The van der Waals surface area contributed by atoms with Crippen molar-refractivity contribution in [3.05, 3.63) is 53.1 Å². The third-order valence-corrected chi connectivity index (χ3v) is 8.14. The highest BCUT2D eigenvalue weighted by molar-refractivity contribution is 7.90. The second-order valence-electron chi connectivity index (χ2n) is 7.02. The lowest BCUT2D eigenvalue weighted by Gasteiger charge is -2.33. The molecule has 0 aliphatic carbocycles. The number of benzene rings is 2.